The van der Waals surface area contributed by atoms with Crippen LogP contribution in [-0.2, 0) is 14.6 Å². The highest BCUT2D eigenvalue weighted by Crippen LogP contribution is 2.26. The van der Waals surface area contributed by atoms with Crippen molar-refractivity contribution >= 4 is 27.5 Å². The molecule has 0 aromatic rings. The summed E-state index contributed by atoms with van der Waals surface area (Å²) in [5.41, 5.74) is 5.76. The van der Waals surface area contributed by atoms with Crippen LogP contribution in [0.25, 0.3) is 0 Å². The first kappa shape index (κ1) is 14.9. The van der Waals surface area contributed by atoms with Gasteiger partial charge in [0.2, 0.25) is 5.91 Å². The van der Waals surface area contributed by atoms with Gasteiger partial charge in [-0.15, -0.1) is 0 Å². The van der Waals surface area contributed by atoms with Gasteiger partial charge in [-0.1, -0.05) is 19.1 Å². The Labute approximate surface area is 118 Å². The Balaban J connectivity index is 2.16. The van der Waals surface area contributed by atoms with Crippen molar-refractivity contribution in [2.24, 2.45) is 11.7 Å². The van der Waals surface area contributed by atoms with Crippen molar-refractivity contribution in [2.75, 3.05) is 23.8 Å². The lowest BCUT2D eigenvalue weighted by molar-refractivity contribution is -0.134. The number of nitrogens with zero attached hydrogens (tertiary/aromatic N) is 1. The fraction of sp³-hybridized carbons (Fsp3) is 0.750. The quantitative estimate of drug-likeness (QED) is 0.755. The van der Waals surface area contributed by atoms with E-state index in [0.717, 1.165) is 5.75 Å². The molecule has 1 aliphatic heterocycles. The monoisotopic (exact) mass is 304 g/mol. The number of nitrogens with two attached hydrogens (primary N) is 1. The first-order chi connectivity index (χ1) is 8.95. The van der Waals surface area contributed by atoms with Crippen LogP contribution < -0.4 is 5.73 Å². The van der Waals surface area contributed by atoms with Gasteiger partial charge in [-0.2, -0.15) is 11.8 Å². The molecule has 0 radical (unpaired) electrons. The van der Waals surface area contributed by atoms with Crippen LogP contribution in [0.1, 0.15) is 13.3 Å². The highest BCUT2D eigenvalue weighted by atomic mass is 32.2. The number of hydrogen-bond acceptors (Lipinski definition) is 5. The van der Waals surface area contributed by atoms with Crippen LogP contribution in [0.2, 0.25) is 0 Å². The molecule has 1 aliphatic carbocycles. The second-order valence-electron chi connectivity index (χ2n) is 4.90. The molecule has 19 heavy (non-hydrogen) atoms. The lowest BCUT2D eigenvalue weighted by atomic mass is 10.1. The van der Waals surface area contributed by atoms with Gasteiger partial charge in [0, 0.05) is 29.8 Å². The second kappa shape index (κ2) is 5.85. The predicted octanol–water partition coefficient (Wildman–Crippen LogP) is 0.226. The summed E-state index contributed by atoms with van der Waals surface area (Å²) in [4.78, 5) is 14.0. The largest absolute Gasteiger partial charge is 0.324 e. The van der Waals surface area contributed by atoms with Crippen LogP contribution in [0, 0.1) is 5.92 Å². The third-order valence-corrected chi connectivity index (χ3v) is 6.91. The molecule has 3 atom stereocenters. The van der Waals surface area contributed by atoms with Crippen LogP contribution in [0.4, 0.5) is 0 Å². The standard InChI is InChI=1S/C12H20N2O3S2/c1-2-19(16,17)11-8-18-6-5-14(11)12(15)9-3-4-10(13)7-9/h3-4,9-11H,2,5-8,13H2,1H3. The van der Waals surface area contributed by atoms with Crippen molar-refractivity contribution in [2.45, 2.75) is 24.8 Å². The zero-order chi connectivity index (χ0) is 14.0. The molecule has 108 valence electrons. The highest BCUT2D eigenvalue weighted by Gasteiger charge is 2.38. The summed E-state index contributed by atoms with van der Waals surface area (Å²) in [5, 5.41) is -0.672. The van der Waals surface area contributed by atoms with Crippen LogP contribution >= 0.6 is 11.8 Å². The average molecular weight is 304 g/mol. The van der Waals surface area contributed by atoms with Gasteiger partial charge < -0.3 is 10.6 Å². The fourth-order valence-corrected chi connectivity index (χ4v) is 5.42. The highest BCUT2D eigenvalue weighted by molar-refractivity contribution is 8.01. The van der Waals surface area contributed by atoms with Gasteiger partial charge in [0.15, 0.2) is 9.84 Å². The van der Waals surface area contributed by atoms with Gasteiger partial charge in [-0.05, 0) is 6.42 Å². The summed E-state index contributed by atoms with van der Waals surface area (Å²) >= 11 is 1.59. The maximum atomic E-state index is 12.5. The minimum absolute atomic E-state index is 0.0715. The molecule has 2 aliphatic rings. The lowest BCUT2D eigenvalue weighted by Gasteiger charge is -2.36. The van der Waals surface area contributed by atoms with Crippen LogP contribution in [-0.4, -0.2) is 54.4 Å². The molecule has 0 saturated carbocycles. The molecule has 3 unspecified atom stereocenters. The Kier molecular flexibility index (Phi) is 4.58. The average Bonchev–Trinajstić information content (AvgIpc) is 2.84. The van der Waals surface area contributed by atoms with E-state index in [0.29, 0.717) is 18.7 Å². The van der Waals surface area contributed by atoms with Crippen molar-refractivity contribution in [3.05, 3.63) is 12.2 Å². The topological polar surface area (TPSA) is 80.5 Å². The summed E-state index contributed by atoms with van der Waals surface area (Å²) in [6.45, 7) is 2.13. The molecule has 1 heterocycles. The van der Waals surface area contributed by atoms with Gasteiger partial charge in [0.25, 0.3) is 0 Å². The lowest BCUT2D eigenvalue weighted by Crippen LogP contribution is -2.52. The van der Waals surface area contributed by atoms with Crippen molar-refractivity contribution < 1.29 is 13.2 Å². The summed E-state index contributed by atoms with van der Waals surface area (Å²) in [5.74, 6) is 0.996. The molecule has 1 fully saturated rings. The number of carbonyl (C=O) groups is 1. The number of sulfone groups is 1. The van der Waals surface area contributed by atoms with Gasteiger partial charge in [0.05, 0.1) is 5.92 Å². The number of carbonyl (C=O) groups excluding carboxylic acids is 1. The van der Waals surface area contributed by atoms with E-state index in [9.17, 15) is 13.2 Å². The second-order valence-corrected chi connectivity index (χ2v) is 8.50. The first-order valence-corrected chi connectivity index (χ1v) is 9.36. The molecular weight excluding hydrogens is 284 g/mol. The van der Waals surface area contributed by atoms with Crippen molar-refractivity contribution in [1.82, 2.24) is 4.90 Å². The summed E-state index contributed by atoms with van der Waals surface area (Å²) in [6, 6.07) is -0.0886. The minimum Gasteiger partial charge on any atom is -0.324 e. The van der Waals surface area contributed by atoms with E-state index in [1.807, 2.05) is 12.2 Å². The van der Waals surface area contributed by atoms with Gasteiger partial charge in [-0.3, -0.25) is 4.79 Å². The van der Waals surface area contributed by atoms with E-state index in [-0.39, 0.29) is 23.6 Å². The van der Waals surface area contributed by atoms with E-state index in [4.69, 9.17) is 5.73 Å². The molecule has 7 heteroatoms. The minimum atomic E-state index is -3.23. The van der Waals surface area contributed by atoms with Crippen molar-refractivity contribution in [1.29, 1.82) is 0 Å². The number of amides is 1. The summed E-state index contributed by atoms with van der Waals surface area (Å²) < 4.78 is 24.2. The molecule has 2 N–H and O–H groups in total. The van der Waals surface area contributed by atoms with Gasteiger partial charge in [0.1, 0.15) is 5.37 Å². The van der Waals surface area contributed by atoms with Crippen LogP contribution in [0.3, 0.4) is 0 Å². The third-order valence-electron chi connectivity index (χ3n) is 3.62. The Morgan fingerprint density at radius 1 is 1.47 bits per heavy atom. The third kappa shape index (κ3) is 3.14. The van der Waals surface area contributed by atoms with Gasteiger partial charge in [-0.25, -0.2) is 8.42 Å². The SMILES string of the molecule is CCS(=O)(=O)C1CSCCN1C(=O)C1C=CC(N)C1. The molecule has 1 saturated heterocycles. The van der Waals surface area contributed by atoms with E-state index >= 15 is 0 Å². The summed E-state index contributed by atoms with van der Waals surface area (Å²) in [6.07, 6.45) is 4.22. The zero-order valence-corrected chi connectivity index (χ0v) is 12.6. The van der Waals surface area contributed by atoms with Crippen molar-refractivity contribution in [3.63, 3.8) is 0 Å². The number of hydrogen-bond donors (Lipinski definition) is 1. The van der Waals surface area contributed by atoms with E-state index in [2.05, 4.69) is 0 Å². The Morgan fingerprint density at radius 2 is 2.21 bits per heavy atom. The zero-order valence-electron chi connectivity index (χ0n) is 11.0. The fourth-order valence-electron chi connectivity index (χ4n) is 2.45. The van der Waals surface area contributed by atoms with Gasteiger partial charge >= 0.3 is 0 Å². The predicted molar refractivity (Wildman–Crippen MR) is 77.5 cm³/mol. The van der Waals surface area contributed by atoms with Crippen molar-refractivity contribution in [3.8, 4) is 0 Å². The maximum Gasteiger partial charge on any atom is 0.230 e. The molecular formula is C12H20N2O3S2. The first-order valence-electron chi connectivity index (χ1n) is 6.49. The number of thioether (sulfide) groups is 1. The Hall–Kier alpha value is -0.530. The molecule has 0 spiro atoms. The molecule has 0 aromatic carbocycles. The smallest absolute Gasteiger partial charge is 0.230 e. The Bertz CT molecular complexity index is 475. The van der Waals surface area contributed by atoms with E-state index in [1.54, 1.807) is 23.6 Å². The van der Waals surface area contributed by atoms with E-state index in [1.165, 1.54) is 0 Å². The molecule has 2 rings (SSSR count). The van der Waals surface area contributed by atoms with Crippen LogP contribution in [0.15, 0.2) is 12.2 Å². The normalized spacial score (nSPS) is 31.7. The molecule has 0 bridgehead atoms. The molecule has 5 nitrogen and oxygen atoms in total. The molecule has 1 amide bonds. The number of rotatable bonds is 3. The Morgan fingerprint density at radius 3 is 2.79 bits per heavy atom. The maximum absolute atomic E-state index is 12.5. The molecule has 0 aromatic heterocycles. The van der Waals surface area contributed by atoms with E-state index < -0.39 is 15.2 Å². The summed E-state index contributed by atoms with van der Waals surface area (Å²) in [7, 11) is -3.23. The van der Waals surface area contributed by atoms with Crippen LogP contribution in [0.5, 0.6) is 0 Å².